The van der Waals surface area contributed by atoms with Crippen molar-refractivity contribution in [2.75, 3.05) is 13.1 Å². The number of fused-ring (bicyclic) bond motifs is 1. The summed E-state index contributed by atoms with van der Waals surface area (Å²) in [7, 11) is 0. The maximum Gasteiger partial charge on any atom is 0.222 e. The lowest BCUT2D eigenvalue weighted by Gasteiger charge is -2.18. The second-order valence-corrected chi connectivity index (χ2v) is 7.30. The molecule has 3 atom stereocenters. The molecule has 4 rings (SSSR count). The smallest absolute Gasteiger partial charge is 0.222 e. The molecule has 2 aromatic rings. The molecule has 1 amide bonds. The van der Waals surface area contributed by atoms with E-state index in [0.29, 0.717) is 18.9 Å². The highest BCUT2D eigenvalue weighted by atomic mass is 16.5. The summed E-state index contributed by atoms with van der Waals surface area (Å²) in [5.74, 6) is 2.50. The van der Waals surface area contributed by atoms with Crippen LogP contribution in [0.1, 0.15) is 30.1 Å². The van der Waals surface area contributed by atoms with E-state index >= 15 is 0 Å². The van der Waals surface area contributed by atoms with E-state index in [1.54, 1.807) is 6.20 Å². The topological polar surface area (TPSA) is 67.6 Å². The number of carbonyl (C=O) groups is 1. The monoisotopic (exact) mass is 355 g/mol. The fourth-order valence-corrected chi connectivity index (χ4v) is 3.97. The zero-order valence-electron chi connectivity index (χ0n) is 15.1. The van der Waals surface area contributed by atoms with Crippen LogP contribution in [0.2, 0.25) is 0 Å². The van der Waals surface area contributed by atoms with Gasteiger partial charge in [-0.1, -0.05) is 6.07 Å². The van der Waals surface area contributed by atoms with Crippen molar-refractivity contribution in [1.82, 2.24) is 15.2 Å². The fourth-order valence-electron chi connectivity index (χ4n) is 3.97. The van der Waals surface area contributed by atoms with E-state index in [2.05, 4.69) is 15.2 Å². The molecular formula is C20H25N3O3. The average Bonchev–Trinajstić information content (AvgIpc) is 3.29. The van der Waals surface area contributed by atoms with Gasteiger partial charge in [0.1, 0.15) is 11.5 Å². The molecule has 0 aromatic carbocycles. The van der Waals surface area contributed by atoms with E-state index in [-0.39, 0.29) is 18.1 Å². The third-order valence-electron chi connectivity index (χ3n) is 5.17. The highest BCUT2D eigenvalue weighted by molar-refractivity contribution is 5.76. The fraction of sp³-hybridized carbons (Fsp3) is 0.500. The first-order valence-corrected chi connectivity index (χ1v) is 9.25. The van der Waals surface area contributed by atoms with E-state index in [1.165, 1.54) is 0 Å². The molecule has 0 spiro atoms. The molecule has 2 aliphatic rings. The molecule has 2 saturated heterocycles. The summed E-state index contributed by atoms with van der Waals surface area (Å²) in [5.41, 5.74) is 0.869. The van der Waals surface area contributed by atoms with Crippen LogP contribution in [-0.2, 0) is 22.6 Å². The van der Waals surface area contributed by atoms with E-state index < -0.39 is 0 Å². The van der Waals surface area contributed by atoms with E-state index in [9.17, 15) is 4.79 Å². The van der Waals surface area contributed by atoms with Crippen molar-refractivity contribution in [3.8, 4) is 0 Å². The SMILES string of the molecule is Cc1ccc(CN2C[C@@H]3C[C@@H](CC(=O)NCc4ccccn4)O[C@@H]3C2)o1. The van der Waals surface area contributed by atoms with Crippen molar-refractivity contribution in [1.29, 1.82) is 0 Å². The van der Waals surface area contributed by atoms with Crippen LogP contribution in [-0.4, -0.2) is 41.1 Å². The molecule has 6 nitrogen and oxygen atoms in total. The maximum absolute atomic E-state index is 12.2. The third-order valence-corrected chi connectivity index (χ3v) is 5.17. The molecule has 2 fully saturated rings. The molecule has 0 radical (unpaired) electrons. The first kappa shape index (κ1) is 17.2. The van der Waals surface area contributed by atoms with Gasteiger partial charge >= 0.3 is 0 Å². The molecule has 138 valence electrons. The lowest BCUT2D eigenvalue weighted by molar-refractivity contribution is -0.124. The molecule has 26 heavy (non-hydrogen) atoms. The van der Waals surface area contributed by atoms with Gasteiger partial charge in [0.25, 0.3) is 0 Å². The molecule has 2 aliphatic heterocycles. The van der Waals surface area contributed by atoms with Crippen LogP contribution in [0.15, 0.2) is 40.9 Å². The molecule has 0 aliphatic carbocycles. The molecule has 6 heteroatoms. The lowest BCUT2D eigenvalue weighted by atomic mass is 10.0. The summed E-state index contributed by atoms with van der Waals surface area (Å²) in [4.78, 5) is 18.8. The first-order chi connectivity index (χ1) is 12.7. The predicted molar refractivity (Wildman–Crippen MR) is 96.2 cm³/mol. The Kier molecular flexibility index (Phi) is 5.04. The lowest BCUT2D eigenvalue weighted by Crippen LogP contribution is -2.29. The van der Waals surface area contributed by atoms with Gasteiger partial charge < -0.3 is 14.5 Å². The van der Waals surface area contributed by atoms with Crippen LogP contribution < -0.4 is 5.32 Å². The summed E-state index contributed by atoms with van der Waals surface area (Å²) in [6.45, 7) is 5.19. The number of likely N-dealkylation sites (tertiary alicyclic amines) is 1. The number of amides is 1. The summed E-state index contributed by atoms with van der Waals surface area (Å²) in [6.07, 6.45) is 3.38. The summed E-state index contributed by atoms with van der Waals surface area (Å²) >= 11 is 0. The van der Waals surface area contributed by atoms with Gasteiger partial charge in [-0.05, 0) is 37.6 Å². The summed E-state index contributed by atoms with van der Waals surface area (Å²) < 4.78 is 11.8. The largest absolute Gasteiger partial charge is 0.465 e. The Hall–Kier alpha value is -2.18. The van der Waals surface area contributed by atoms with Crippen molar-refractivity contribution in [3.05, 3.63) is 53.7 Å². The third kappa shape index (κ3) is 4.14. The van der Waals surface area contributed by atoms with Crippen LogP contribution in [0.25, 0.3) is 0 Å². The van der Waals surface area contributed by atoms with Gasteiger partial charge in [0.05, 0.1) is 37.4 Å². The first-order valence-electron chi connectivity index (χ1n) is 9.25. The van der Waals surface area contributed by atoms with Crippen molar-refractivity contribution in [2.45, 2.75) is 45.1 Å². The molecule has 2 aromatic heterocycles. The molecule has 0 bridgehead atoms. The number of furan rings is 1. The van der Waals surface area contributed by atoms with Crippen molar-refractivity contribution < 1.29 is 13.9 Å². The molecule has 0 saturated carbocycles. The summed E-state index contributed by atoms with van der Waals surface area (Å²) in [6, 6.07) is 9.74. The second-order valence-electron chi connectivity index (χ2n) is 7.30. The quantitative estimate of drug-likeness (QED) is 0.861. The number of pyridine rings is 1. The van der Waals surface area contributed by atoms with Gasteiger partial charge in [0.2, 0.25) is 5.91 Å². The van der Waals surface area contributed by atoms with Crippen molar-refractivity contribution in [2.24, 2.45) is 5.92 Å². The minimum absolute atomic E-state index is 0.0294. The number of ether oxygens (including phenoxy) is 1. The summed E-state index contributed by atoms with van der Waals surface area (Å²) in [5, 5.41) is 2.93. The number of hydrogen-bond acceptors (Lipinski definition) is 5. The predicted octanol–water partition coefficient (Wildman–Crippen LogP) is 2.28. The minimum atomic E-state index is 0.0294. The zero-order chi connectivity index (χ0) is 17.9. The standard InChI is InChI=1S/C20H25N3O3/c1-14-5-6-17(25-14)12-23-11-15-8-18(26-19(15)13-23)9-20(24)22-10-16-4-2-3-7-21-16/h2-7,15,18-19H,8-13H2,1H3,(H,22,24)/t15-,18-,19+/m0/s1. The normalized spacial score (nSPS) is 25.3. The van der Waals surface area contributed by atoms with Gasteiger partial charge in [0.15, 0.2) is 0 Å². The Morgan fingerprint density at radius 3 is 2.96 bits per heavy atom. The number of nitrogens with zero attached hydrogens (tertiary/aromatic N) is 2. The Morgan fingerprint density at radius 1 is 1.31 bits per heavy atom. The average molecular weight is 355 g/mol. The Balaban J connectivity index is 1.20. The number of aryl methyl sites for hydroxylation is 1. The number of carbonyl (C=O) groups excluding carboxylic acids is 1. The van der Waals surface area contributed by atoms with Gasteiger partial charge in [-0.25, -0.2) is 0 Å². The second kappa shape index (κ2) is 7.60. The Labute approximate surface area is 153 Å². The van der Waals surface area contributed by atoms with Gasteiger partial charge in [0, 0.05) is 25.2 Å². The van der Waals surface area contributed by atoms with Crippen molar-refractivity contribution in [3.63, 3.8) is 0 Å². The number of rotatable bonds is 6. The van der Waals surface area contributed by atoms with Crippen LogP contribution in [0.3, 0.4) is 0 Å². The minimum Gasteiger partial charge on any atom is -0.465 e. The molecular weight excluding hydrogens is 330 g/mol. The molecule has 1 N–H and O–H groups in total. The van der Waals surface area contributed by atoms with Gasteiger partial charge in [-0.3, -0.25) is 14.7 Å². The van der Waals surface area contributed by atoms with Crippen LogP contribution >= 0.6 is 0 Å². The number of aromatic nitrogens is 1. The Morgan fingerprint density at radius 2 is 2.23 bits per heavy atom. The van der Waals surface area contributed by atoms with E-state index in [4.69, 9.17) is 9.15 Å². The van der Waals surface area contributed by atoms with Crippen LogP contribution in [0, 0.1) is 12.8 Å². The highest BCUT2D eigenvalue weighted by Gasteiger charge is 2.42. The van der Waals surface area contributed by atoms with Crippen LogP contribution in [0.5, 0.6) is 0 Å². The van der Waals surface area contributed by atoms with E-state index in [0.717, 1.165) is 43.3 Å². The highest BCUT2D eigenvalue weighted by Crippen LogP contribution is 2.34. The number of hydrogen-bond donors (Lipinski definition) is 1. The molecule has 4 heterocycles. The maximum atomic E-state index is 12.2. The van der Waals surface area contributed by atoms with Crippen LogP contribution in [0.4, 0.5) is 0 Å². The van der Waals surface area contributed by atoms with E-state index in [1.807, 2.05) is 37.3 Å². The van der Waals surface area contributed by atoms with Crippen molar-refractivity contribution >= 4 is 5.91 Å². The molecule has 0 unspecified atom stereocenters. The van der Waals surface area contributed by atoms with Gasteiger partial charge in [-0.2, -0.15) is 0 Å². The van der Waals surface area contributed by atoms with Gasteiger partial charge in [-0.15, -0.1) is 0 Å². The number of nitrogens with one attached hydrogen (secondary N) is 1. The Bertz CT molecular complexity index is 732. The zero-order valence-corrected chi connectivity index (χ0v) is 15.1.